The molecule has 3 aromatic rings. The number of pyridine rings is 1. The van der Waals surface area contributed by atoms with E-state index in [-0.39, 0.29) is 12.3 Å². The van der Waals surface area contributed by atoms with Crippen LogP contribution in [0.15, 0.2) is 48.8 Å². The lowest BCUT2D eigenvalue weighted by Gasteiger charge is -2.38. The minimum absolute atomic E-state index is 0.116. The van der Waals surface area contributed by atoms with Crippen LogP contribution in [0.1, 0.15) is 55.9 Å². The molecule has 1 aliphatic heterocycles. The number of hydrogen-bond acceptors (Lipinski definition) is 5. The molecule has 1 unspecified atom stereocenters. The van der Waals surface area contributed by atoms with E-state index in [4.69, 9.17) is 4.74 Å². The van der Waals surface area contributed by atoms with Gasteiger partial charge < -0.3 is 24.4 Å². The number of carbonyl (C=O) groups is 1. The number of fused-ring (bicyclic) bond motifs is 1. The smallest absolute Gasteiger partial charge is 0.303 e. The molecule has 1 aromatic carbocycles. The number of likely N-dealkylation sites (tertiary alicyclic amines) is 1. The van der Waals surface area contributed by atoms with Crippen LogP contribution in [-0.4, -0.2) is 57.4 Å². The van der Waals surface area contributed by atoms with Crippen LogP contribution < -0.4 is 4.74 Å². The average molecular weight is 494 g/mol. The lowest BCUT2D eigenvalue weighted by atomic mass is 9.79. The number of aliphatic hydroxyl groups excluding tert-OH is 1. The Morgan fingerprint density at radius 1 is 1.22 bits per heavy atom. The second kappa shape index (κ2) is 12.4. The number of rotatable bonds is 12. The maximum atomic E-state index is 11.6. The molecule has 4 rings (SSSR count). The number of nitrogens with zero attached hydrogens (tertiary/aromatic N) is 3. The van der Waals surface area contributed by atoms with Crippen LogP contribution in [0.4, 0.5) is 0 Å². The zero-order chi connectivity index (χ0) is 25.5. The number of hydrogen-bond donors (Lipinski definition) is 2. The first-order chi connectivity index (χ1) is 17.4. The quantitative estimate of drug-likeness (QED) is 0.351. The van der Waals surface area contributed by atoms with Crippen molar-refractivity contribution in [2.75, 3.05) is 26.7 Å². The molecule has 0 bridgehead atoms. The third-order valence-corrected chi connectivity index (χ3v) is 7.77. The minimum Gasteiger partial charge on any atom is -0.497 e. The van der Waals surface area contributed by atoms with E-state index in [1.807, 2.05) is 24.3 Å². The Morgan fingerprint density at radius 3 is 2.83 bits per heavy atom. The minimum atomic E-state index is -0.733. The van der Waals surface area contributed by atoms with Crippen molar-refractivity contribution in [3.8, 4) is 5.75 Å². The first-order valence-electron chi connectivity index (χ1n) is 13.1. The molecule has 0 radical (unpaired) electrons. The van der Waals surface area contributed by atoms with Gasteiger partial charge in [0, 0.05) is 43.5 Å². The number of benzene rings is 1. The lowest BCUT2D eigenvalue weighted by molar-refractivity contribution is -0.139. The normalized spacial score (nSPS) is 19.4. The topological polar surface area (TPSA) is 87.8 Å². The molecule has 194 valence electrons. The fraction of sp³-hybridized carbons (Fsp3) is 0.517. The molecule has 2 N–H and O–H groups in total. The lowest BCUT2D eigenvalue weighted by Crippen LogP contribution is -2.41. The second-order valence-electron chi connectivity index (χ2n) is 10.2. The number of aliphatic hydroxyl groups is 1. The number of aromatic nitrogens is 2. The van der Waals surface area contributed by atoms with Crippen LogP contribution in [0, 0.1) is 11.8 Å². The highest BCUT2D eigenvalue weighted by Crippen LogP contribution is 2.34. The maximum absolute atomic E-state index is 11.6. The molecule has 0 aliphatic carbocycles. The standard InChI is InChI=1S/C29H39N3O4/c1-31-15-5-7-23(31)6-3-4-16-32-17-13-21(22(20-32)18-29(34)35)8-11-28(33)25-12-14-30-27-10-9-24(36-2)19-26(25)27/h5,7,9-10,12,14-15,19,21-22,28,33H,3-4,6,8,11,13,16-18,20H2,1-2H3,(H,34,35)/t21-,22+,28?/m1/s1. The zero-order valence-corrected chi connectivity index (χ0v) is 21.5. The highest BCUT2D eigenvalue weighted by molar-refractivity contribution is 5.83. The van der Waals surface area contributed by atoms with Crippen molar-refractivity contribution in [2.24, 2.45) is 18.9 Å². The first kappa shape index (κ1) is 26.2. The number of aryl methyl sites for hydroxylation is 2. The predicted molar refractivity (Wildman–Crippen MR) is 141 cm³/mol. The molecule has 1 aliphatic rings. The van der Waals surface area contributed by atoms with Crippen molar-refractivity contribution in [2.45, 2.75) is 51.0 Å². The molecule has 3 heterocycles. The third kappa shape index (κ3) is 6.65. The molecule has 0 amide bonds. The summed E-state index contributed by atoms with van der Waals surface area (Å²) in [5.41, 5.74) is 3.04. The van der Waals surface area contributed by atoms with Crippen LogP contribution >= 0.6 is 0 Å². The van der Waals surface area contributed by atoms with Crippen molar-refractivity contribution in [3.05, 3.63) is 60.0 Å². The van der Waals surface area contributed by atoms with Crippen LogP contribution in [0.5, 0.6) is 5.75 Å². The molecule has 3 atom stereocenters. The highest BCUT2D eigenvalue weighted by atomic mass is 16.5. The molecule has 1 fully saturated rings. The van der Waals surface area contributed by atoms with E-state index in [1.54, 1.807) is 13.3 Å². The molecule has 7 nitrogen and oxygen atoms in total. The molecular formula is C29H39N3O4. The zero-order valence-electron chi connectivity index (χ0n) is 21.5. The van der Waals surface area contributed by atoms with Gasteiger partial charge in [-0.1, -0.05) is 0 Å². The number of carboxylic acids is 1. The maximum Gasteiger partial charge on any atom is 0.303 e. The number of methoxy groups -OCH3 is 1. The van der Waals surface area contributed by atoms with Crippen LogP contribution in [0.3, 0.4) is 0 Å². The number of ether oxygens (including phenoxy) is 1. The van der Waals surface area contributed by atoms with Gasteiger partial charge in [0.2, 0.25) is 0 Å². The Balaban J connectivity index is 1.32. The van der Waals surface area contributed by atoms with Crippen LogP contribution in [-0.2, 0) is 18.3 Å². The summed E-state index contributed by atoms with van der Waals surface area (Å²) in [5.74, 6) is 0.424. The van der Waals surface area contributed by atoms with Gasteiger partial charge in [-0.2, -0.15) is 0 Å². The summed E-state index contributed by atoms with van der Waals surface area (Å²) in [6.45, 7) is 2.84. The van der Waals surface area contributed by atoms with Gasteiger partial charge in [-0.3, -0.25) is 9.78 Å². The Labute approximate surface area is 213 Å². The van der Waals surface area contributed by atoms with E-state index in [0.29, 0.717) is 12.3 Å². The van der Waals surface area contributed by atoms with Crippen molar-refractivity contribution in [1.82, 2.24) is 14.5 Å². The van der Waals surface area contributed by atoms with E-state index < -0.39 is 12.1 Å². The van der Waals surface area contributed by atoms with Gasteiger partial charge in [0.25, 0.3) is 0 Å². The van der Waals surface area contributed by atoms with Crippen molar-refractivity contribution < 1.29 is 19.7 Å². The predicted octanol–water partition coefficient (Wildman–Crippen LogP) is 4.83. The van der Waals surface area contributed by atoms with Gasteiger partial charge in [0.1, 0.15) is 5.75 Å². The molecular weight excluding hydrogens is 454 g/mol. The molecule has 0 saturated carbocycles. The fourth-order valence-electron chi connectivity index (χ4n) is 5.68. The molecule has 36 heavy (non-hydrogen) atoms. The summed E-state index contributed by atoms with van der Waals surface area (Å²) >= 11 is 0. The summed E-state index contributed by atoms with van der Waals surface area (Å²) in [7, 11) is 3.72. The van der Waals surface area contributed by atoms with Gasteiger partial charge in [0.15, 0.2) is 0 Å². The van der Waals surface area contributed by atoms with Crippen LogP contribution in [0.2, 0.25) is 0 Å². The number of piperidine rings is 1. The Kier molecular flexibility index (Phi) is 8.99. The SMILES string of the molecule is COc1ccc2nccc(C(O)CC[C@@H]3CCN(CCCCc4cccn4C)C[C@@H]3CC(=O)O)c2c1. The van der Waals surface area contributed by atoms with Crippen molar-refractivity contribution >= 4 is 16.9 Å². The summed E-state index contributed by atoms with van der Waals surface area (Å²) in [5, 5.41) is 21.5. The molecule has 2 aromatic heterocycles. The van der Waals surface area contributed by atoms with Gasteiger partial charge >= 0.3 is 5.97 Å². The molecule has 1 saturated heterocycles. The van der Waals surface area contributed by atoms with Gasteiger partial charge in [-0.05, 0) is 105 Å². The van der Waals surface area contributed by atoms with E-state index in [1.165, 1.54) is 5.69 Å². The van der Waals surface area contributed by atoms with E-state index in [9.17, 15) is 15.0 Å². The van der Waals surface area contributed by atoms with Crippen molar-refractivity contribution in [1.29, 1.82) is 0 Å². The highest BCUT2D eigenvalue weighted by Gasteiger charge is 2.31. The summed E-state index contributed by atoms with van der Waals surface area (Å²) in [6, 6.07) is 11.8. The Hall–Kier alpha value is -2.90. The molecule has 7 heteroatoms. The van der Waals surface area contributed by atoms with Crippen molar-refractivity contribution in [3.63, 3.8) is 0 Å². The van der Waals surface area contributed by atoms with E-state index in [2.05, 4.69) is 39.8 Å². The number of aliphatic carboxylic acids is 1. The average Bonchev–Trinajstić information content (AvgIpc) is 3.29. The Morgan fingerprint density at radius 2 is 2.08 bits per heavy atom. The van der Waals surface area contributed by atoms with Gasteiger partial charge in [-0.25, -0.2) is 0 Å². The van der Waals surface area contributed by atoms with Crippen LogP contribution in [0.25, 0.3) is 10.9 Å². The van der Waals surface area contributed by atoms with E-state index >= 15 is 0 Å². The van der Waals surface area contributed by atoms with Gasteiger partial charge in [0.05, 0.1) is 18.7 Å². The summed E-state index contributed by atoms with van der Waals surface area (Å²) in [4.78, 5) is 18.5. The largest absolute Gasteiger partial charge is 0.497 e. The van der Waals surface area contributed by atoms with E-state index in [0.717, 1.165) is 74.0 Å². The summed E-state index contributed by atoms with van der Waals surface area (Å²) < 4.78 is 7.54. The third-order valence-electron chi connectivity index (χ3n) is 7.77. The first-order valence-corrected chi connectivity index (χ1v) is 13.1. The number of unbranched alkanes of at least 4 members (excludes halogenated alkanes) is 1. The fourth-order valence-corrected chi connectivity index (χ4v) is 5.68. The second-order valence-corrected chi connectivity index (χ2v) is 10.2. The Bertz CT molecular complexity index is 1140. The molecule has 0 spiro atoms. The number of carboxylic acid groups (broad SMARTS) is 1. The van der Waals surface area contributed by atoms with Gasteiger partial charge in [-0.15, -0.1) is 0 Å². The monoisotopic (exact) mass is 493 g/mol. The summed E-state index contributed by atoms with van der Waals surface area (Å²) in [6.07, 6.45) is 9.12.